The molecule has 0 aromatic carbocycles. The number of aromatic nitrogens is 2. The second-order valence-electron chi connectivity index (χ2n) is 2.54. The van der Waals surface area contributed by atoms with E-state index < -0.39 is 24.6 Å². The molecule has 0 radical (unpaired) electrons. The second kappa shape index (κ2) is 3.51. The summed E-state index contributed by atoms with van der Waals surface area (Å²) in [5.41, 5.74) is -0.0433. The number of aliphatic carboxylic acids is 1. The van der Waals surface area contributed by atoms with E-state index in [4.69, 9.17) is 0 Å². The summed E-state index contributed by atoms with van der Waals surface area (Å²) in [7, 11) is 0. The van der Waals surface area contributed by atoms with Gasteiger partial charge in [0.05, 0.1) is 12.5 Å². The molecule has 6 heteroatoms. The summed E-state index contributed by atoms with van der Waals surface area (Å²) in [5, 5.41) is 13.5. The number of carbonyl (C=O) groups is 1. The molecule has 0 aliphatic heterocycles. The number of hydrogen-bond donors (Lipinski definition) is 0. The monoisotopic (exact) mass is 189 g/mol. The summed E-state index contributed by atoms with van der Waals surface area (Å²) >= 11 is 0. The summed E-state index contributed by atoms with van der Waals surface area (Å²) in [6.07, 6.45) is -2.68. The van der Waals surface area contributed by atoms with Crippen LogP contribution in [0.5, 0.6) is 0 Å². The summed E-state index contributed by atoms with van der Waals surface area (Å²) in [5.74, 6) is -1.35. The number of carboxylic acid groups (broad SMARTS) is 1. The number of rotatable bonds is 3. The molecule has 4 nitrogen and oxygen atoms in total. The fourth-order valence-electron chi connectivity index (χ4n) is 0.925. The van der Waals surface area contributed by atoms with Gasteiger partial charge in [-0.1, -0.05) is 0 Å². The molecule has 0 atom stereocenters. The third kappa shape index (κ3) is 2.24. The van der Waals surface area contributed by atoms with Crippen molar-refractivity contribution < 1.29 is 18.7 Å². The smallest absolute Gasteiger partial charge is 0.282 e. The number of halogens is 2. The fraction of sp³-hybridized carbons (Fsp3) is 0.429. The van der Waals surface area contributed by atoms with Crippen LogP contribution in [-0.2, 0) is 11.3 Å². The molecule has 13 heavy (non-hydrogen) atoms. The molecule has 0 aliphatic carbocycles. The summed E-state index contributed by atoms with van der Waals surface area (Å²) in [6.45, 7) is 1.00. The SMILES string of the molecule is Cc1cc(C(F)F)nn1CC(=O)[O-]. The van der Waals surface area contributed by atoms with Gasteiger partial charge in [-0.05, 0) is 13.0 Å². The van der Waals surface area contributed by atoms with Crippen molar-refractivity contribution in [2.45, 2.75) is 19.9 Å². The average Bonchev–Trinajstić information content (AvgIpc) is 2.31. The Morgan fingerprint density at radius 1 is 1.77 bits per heavy atom. The first-order valence-electron chi connectivity index (χ1n) is 3.53. The molecule has 1 rings (SSSR count). The maximum Gasteiger partial charge on any atom is 0.282 e. The molecule has 0 spiro atoms. The molecule has 0 aliphatic rings. The zero-order chi connectivity index (χ0) is 10.0. The molecule has 0 amide bonds. The Morgan fingerprint density at radius 3 is 2.77 bits per heavy atom. The van der Waals surface area contributed by atoms with E-state index in [0.717, 1.165) is 10.7 Å². The minimum Gasteiger partial charge on any atom is -0.548 e. The molecule has 0 saturated heterocycles. The lowest BCUT2D eigenvalue weighted by atomic mass is 10.4. The molecule has 1 aromatic heterocycles. The van der Waals surface area contributed by atoms with E-state index in [-0.39, 0.29) is 0 Å². The molecule has 0 N–H and O–H groups in total. The first-order chi connectivity index (χ1) is 6.00. The van der Waals surface area contributed by atoms with Crippen molar-refractivity contribution in [2.24, 2.45) is 0 Å². The van der Waals surface area contributed by atoms with E-state index in [0.29, 0.717) is 5.69 Å². The van der Waals surface area contributed by atoms with Gasteiger partial charge in [0, 0.05) is 5.69 Å². The fourth-order valence-corrected chi connectivity index (χ4v) is 0.925. The predicted octanol–water partition coefficient (Wildman–Crippen LogP) is -0.121. The minimum atomic E-state index is -2.68. The molecule has 72 valence electrons. The third-order valence-corrected chi connectivity index (χ3v) is 1.50. The zero-order valence-electron chi connectivity index (χ0n) is 6.83. The Labute approximate surface area is 72.8 Å². The second-order valence-corrected chi connectivity index (χ2v) is 2.54. The van der Waals surface area contributed by atoms with Crippen molar-refractivity contribution >= 4 is 5.97 Å². The Kier molecular flexibility index (Phi) is 2.60. The number of alkyl halides is 2. The summed E-state index contributed by atoms with van der Waals surface area (Å²) in [6, 6.07) is 1.15. The van der Waals surface area contributed by atoms with Gasteiger partial charge in [0.15, 0.2) is 0 Å². The van der Waals surface area contributed by atoms with Crippen molar-refractivity contribution in [3.05, 3.63) is 17.5 Å². The van der Waals surface area contributed by atoms with Gasteiger partial charge >= 0.3 is 0 Å². The van der Waals surface area contributed by atoms with Gasteiger partial charge in [-0.25, -0.2) is 8.78 Å². The lowest BCUT2D eigenvalue weighted by Gasteiger charge is -2.03. The van der Waals surface area contributed by atoms with E-state index in [2.05, 4.69) is 5.10 Å². The maximum absolute atomic E-state index is 12.1. The Morgan fingerprint density at radius 2 is 2.38 bits per heavy atom. The number of carbonyl (C=O) groups excluding carboxylic acids is 1. The van der Waals surface area contributed by atoms with Crippen LogP contribution in [0.2, 0.25) is 0 Å². The first kappa shape index (κ1) is 9.63. The average molecular weight is 189 g/mol. The van der Waals surface area contributed by atoms with Crippen molar-refractivity contribution in [1.82, 2.24) is 9.78 Å². The Hall–Kier alpha value is -1.46. The van der Waals surface area contributed by atoms with Crippen LogP contribution in [0.15, 0.2) is 6.07 Å². The normalized spacial score (nSPS) is 10.8. The molecule has 1 heterocycles. The number of carboxylic acids is 1. The molecular formula is C7H7F2N2O2-. The number of nitrogens with zero attached hydrogens (tertiary/aromatic N) is 2. The van der Waals surface area contributed by atoms with Crippen LogP contribution in [0.4, 0.5) is 8.78 Å². The highest BCUT2D eigenvalue weighted by atomic mass is 19.3. The van der Waals surface area contributed by atoms with Crippen LogP contribution < -0.4 is 5.11 Å². The molecule has 1 aromatic rings. The summed E-state index contributed by atoms with van der Waals surface area (Å²) < 4.78 is 25.1. The highest BCUT2D eigenvalue weighted by molar-refractivity contribution is 5.63. The maximum atomic E-state index is 12.1. The Bertz CT molecular complexity index is 322. The lowest BCUT2D eigenvalue weighted by molar-refractivity contribution is -0.306. The van der Waals surface area contributed by atoms with Crippen LogP contribution in [0.3, 0.4) is 0 Å². The largest absolute Gasteiger partial charge is 0.548 e. The van der Waals surface area contributed by atoms with E-state index in [9.17, 15) is 18.7 Å². The van der Waals surface area contributed by atoms with Gasteiger partial charge in [-0.15, -0.1) is 0 Å². The van der Waals surface area contributed by atoms with E-state index in [1.54, 1.807) is 0 Å². The van der Waals surface area contributed by atoms with Crippen molar-refractivity contribution in [2.75, 3.05) is 0 Å². The van der Waals surface area contributed by atoms with Gasteiger partial charge in [-0.2, -0.15) is 5.10 Å². The van der Waals surface area contributed by atoms with Crippen molar-refractivity contribution in [3.8, 4) is 0 Å². The predicted molar refractivity (Wildman–Crippen MR) is 36.9 cm³/mol. The van der Waals surface area contributed by atoms with Crippen LogP contribution >= 0.6 is 0 Å². The van der Waals surface area contributed by atoms with Crippen LogP contribution in [0.1, 0.15) is 17.8 Å². The quantitative estimate of drug-likeness (QED) is 0.666. The highest BCUT2D eigenvalue weighted by Crippen LogP contribution is 2.17. The van der Waals surface area contributed by atoms with E-state index in [1.165, 1.54) is 6.92 Å². The molecule has 0 saturated carbocycles. The van der Waals surface area contributed by atoms with Crippen molar-refractivity contribution in [1.29, 1.82) is 0 Å². The topological polar surface area (TPSA) is 58.0 Å². The van der Waals surface area contributed by atoms with Crippen LogP contribution in [0.25, 0.3) is 0 Å². The van der Waals surface area contributed by atoms with Gasteiger partial charge in [0.1, 0.15) is 5.69 Å². The minimum absolute atomic E-state index is 0.375. The van der Waals surface area contributed by atoms with Crippen LogP contribution in [-0.4, -0.2) is 15.7 Å². The van der Waals surface area contributed by atoms with Crippen molar-refractivity contribution in [3.63, 3.8) is 0 Å². The number of aryl methyl sites for hydroxylation is 1. The molecular weight excluding hydrogens is 182 g/mol. The third-order valence-electron chi connectivity index (χ3n) is 1.50. The van der Waals surface area contributed by atoms with Gasteiger partial charge < -0.3 is 9.90 Å². The number of hydrogen-bond acceptors (Lipinski definition) is 3. The van der Waals surface area contributed by atoms with E-state index in [1.807, 2.05) is 0 Å². The van der Waals surface area contributed by atoms with Gasteiger partial charge in [0.2, 0.25) is 0 Å². The molecule has 0 bridgehead atoms. The molecule has 0 unspecified atom stereocenters. The van der Waals surface area contributed by atoms with Crippen LogP contribution in [0, 0.1) is 6.92 Å². The van der Waals surface area contributed by atoms with Gasteiger partial charge in [0.25, 0.3) is 6.43 Å². The highest BCUT2D eigenvalue weighted by Gasteiger charge is 2.12. The van der Waals surface area contributed by atoms with E-state index >= 15 is 0 Å². The first-order valence-corrected chi connectivity index (χ1v) is 3.53. The lowest BCUT2D eigenvalue weighted by Crippen LogP contribution is -2.28. The zero-order valence-corrected chi connectivity index (χ0v) is 6.83. The molecule has 0 fully saturated rings. The summed E-state index contributed by atoms with van der Waals surface area (Å²) in [4.78, 5) is 10.1. The standard InChI is InChI=1S/C7H8F2N2O2/c1-4-2-5(7(8)9)10-11(4)3-6(12)13/h2,7H,3H2,1H3,(H,12,13)/p-1. The Balaban J connectivity index is 2.89. The van der Waals surface area contributed by atoms with Gasteiger partial charge in [-0.3, -0.25) is 4.68 Å².